The molecule has 0 heterocycles. The Labute approximate surface area is 77.2 Å². The Morgan fingerprint density at radius 3 is 2.62 bits per heavy atom. The zero-order valence-corrected chi connectivity index (χ0v) is 7.91. The largest absolute Gasteiger partial charge is 0.468 e. The third-order valence-electron chi connectivity index (χ3n) is 2.39. The number of hydrogen-bond acceptors (Lipinski definition) is 4. The average molecular weight is 186 g/mol. The van der Waals surface area contributed by atoms with E-state index in [0.29, 0.717) is 12.8 Å². The Bertz CT molecular complexity index is 212. The quantitative estimate of drug-likeness (QED) is 0.466. The van der Waals surface area contributed by atoms with Crippen LogP contribution in [-0.2, 0) is 19.1 Å². The Balaban J connectivity index is 2.65. The molecular weight excluding hydrogens is 172 g/mol. The maximum Gasteiger partial charge on any atom is 0.316 e. The highest BCUT2D eigenvalue weighted by Gasteiger charge is 2.36. The van der Waals surface area contributed by atoms with Crippen molar-refractivity contribution in [2.45, 2.75) is 25.4 Å². The monoisotopic (exact) mass is 186 g/mol. The summed E-state index contributed by atoms with van der Waals surface area (Å²) in [7, 11) is 2.79. The number of Topliss-reactive ketones (excluding diaryl/α,β-unsaturated/α-hetero) is 1. The minimum absolute atomic E-state index is 0.138. The van der Waals surface area contributed by atoms with Crippen molar-refractivity contribution in [1.82, 2.24) is 0 Å². The summed E-state index contributed by atoms with van der Waals surface area (Å²) in [6.07, 6.45) is 1.72. The Kier molecular flexibility index (Phi) is 3.42. The van der Waals surface area contributed by atoms with Gasteiger partial charge in [0.05, 0.1) is 7.11 Å². The van der Waals surface area contributed by atoms with Gasteiger partial charge in [0, 0.05) is 7.11 Å². The third-order valence-corrected chi connectivity index (χ3v) is 2.39. The van der Waals surface area contributed by atoms with Gasteiger partial charge in [-0.1, -0.05) is 0 Å². The van der Waals surface area contributed by atoms with Crippen LogP contribution in [0.3, 0.4) is 0 Å². The Morgan fingerprint density at radius 2 is 2.08 bits per heavy atom. The first kappa shape index (κ1) is 10.2. The lowest BCUT2D eigenvalue weighted by Crippen LogP contribution is -2.38. The van der Waals surface area contributed by atoms with Crippen LogP contribution in [0.15, 0.2) is 0 Å². The van der Waals surface area contributed by atoms with Crippen LogP contribution >= 0.6 is 0 Å². The van der Waals surface area contributed by atoms with E-state index in [4.69, 9.17) is 4.74 Å². The summed E-state index contributed by atoms with van der Waals surface area (Å²) in [5.74, 6) is -1.18. The maximum atomic E-state index is 11.5. The lowest BCUT2D eigenvalue weighted by molar-refractivity contribution is -0.154. The van der Waals surface area contributed by atoms with Crippen LogP contribution in [0.2, 0.25) is 0 Å². The van der Waals surface area contributed by atoms with Crippen molar-refractivity contribution in [2.24, 2.45) is 5.92 Å². The molecule has 1 rings (SSSR count). The number of methoxy groups -OCH3 is 2. The van der Waals surface area contributed by atoms with Gasteiger partial charge >= 0.3 is 5.97 Å². The number of hydrogen-bond donors (Lipinski definition) is 0. The van der Waals surface area contributed by atoms with Gasteiger partial charge < -0.3 is 9.47 Å². The first-order valence-electron chi connectivity index (χ1n) is 4.35. The summed E-state index contributed by atoms with van der Waals surface area (Å²) in [5, 5.41) is 0. The van der Waals surface area contributed by atoms with Crippen molar-refractivity contribution in [3.63, 3.8) is 0 Å². The molecule has 2 unspecified atom stereocenters. The normalized spacial score (nSPS) is 28.6. The van der Waals surface area contributed by atoms with E-state index in [1.54, 1.807) is 0 Å². The fourth-order valence-electron chi connectivity index (χ4n) is 1.63. The van der Waals surface area contributed by atoms with Gasteiger partial charge in [-0.15, -0.1) is 0 Å². The summed E-state index contributed by atoms with van der Waals surface area (Å²) in [4.78, 5) is 22.7. The van der Waals surface area contributed by atoms with E-state index in [9.17, 15) is 9.59 Å². The summed E-state index contributed by atoms with van der Waals surface area (Å²) in [6, 6.07) is 0. The van der Waals surface area contributed by atoms with Crippen LogP contribution in [0.25, 0.3) is 0 Å². The second-order valence-corrected chi connectivity index (χ2v) is 3.13. The molecule has 0 aromatic heterocycles. The van der Waals surface area contributed by atoms with Crippen LogP contribution < -0.4 is 0 Å². The highest BCUT2D eigenvalue weighted by Crippen LogP contribution is 2.23. The van der Waals surface area contributed by atoms with E-state index < -0.39 is 18.0 Å². The zero-order chi connectivity index (χ0) is 9.84. The van der Waals surface area contributed by atoms with Crippen molar-refractivity contribution in [3.8, 4) is 0 Å². The summed E-state index contributed by atoms with van der Waals surface area (Å²) < 4.78 is 9.51. The third kappa shape index (κ3) is 2.06. The van der Waals surface area contributed by atoms with Gasteiger partial charge in [-0.2, -0.15) is 0 Å². The molecule has 1 fully saturated rings. The Morgan fingerprint density at radius 1 is 1.38 bits per heavy atom. The summed E-state index contributed by atoms with van der Waals surface area (Å²) in [5.41, 5.74) is 0. The van der Waals surface area contributed by atoms with Crippen molar-refractivity contribution in [1.29, 1.82) is 0 Å². The number of carbonyl (C=O) groups is 2. The lowest BCUT2D eigenvalue weighted by atomic mass is 9.86. The second-order valence-electron chi connectivity index (χ2n) is 3.13. The average Bonchev–Trinajstić information content (AvgIpc) is 2.17. The van der Waals surface area contributed by atoms with Gasteiger partial charge in [0.1, 0.15) is 12.0 Å². The number of carbonyl (C=O) groups excluding carboxylic acids is 2. The maximum absolute atomic E-state index is 11.5. The molecule has 13 heavy (non-hydrogen) atoms. The minimum atomic E-state index is -0.608. The Hall–Kier alpha value is -0.900. The predicted octanol–water partition coefficient (Wildman–Crippen LogP) is 0.544. The molecule has 0 saturated heterocycles. The summed E-state index contributed by atoms with van der Waals surface area (Å²) in [6.45, 7) is 0. The number of ketones is 1. The van der Waals surface area contributed by atoms with Crippen LogP contribution in [0, 0.1) is 5.92 Å². The van der Waals surface area contributed by atoms with Gasteiger partial charge in [0.2, 0.25) is 0 Å². The van der Waals surface area contributed by atoms with Crippen LogP contribution in [0.1, 0.15) is 19.3 Å². The van der Waals surface area contributed by atoms with Crippen molar-refractivity contribution < 1.29 is 19.1 Å². The lowest BCUT2D eigenvalue weighted by Gasteiger charge is -2.24. The topological polar surface area (TPSA) is 52.6 Å². The zero-order valence-electron chi connectivity index (χ0n) is 7.91. The highest BCUT2D eigenvalue weighted by atomic mass is 16.5. The van der Waals surface area contributed by atoms with E-state index in [1.165, 1.54) is 14.2 Å². The van der Waals surface area contributed by atoms with E-state index in [0.717, 1.165) is 6.42 Å². The van der Waals surface area contributed by atoms with Crippen molar-refractivity contribution in [2.75, 3.05) is 14.2 Å². The van der Waals surface area contributed by atoms with Gasteiger partial charge in [0.15, 0.2) is 5.78 Å². The van der Waals surface area contributed by atoms with E-state index in [-0.39, 0.29) is 5.78 Å². The molecule has 1 aliphatic carbocycles. The van der Waals surface area contributed by atoms with Crippen molar-refractivity contribution >= 4 is 11.8 Å². The SMILES string of the molecule is COC(=O)C1CCCC(OC)C1=O. The molecule has 0 spiro atoms. The van der Waals surface area contributed by atoms with E-state index in [1.807, 2.05) is 0 Å². The first-order valence-corrected chi connectivity index (χ1v) is 4.35. The fourth-order valence-corrected chi connectivity index (χ4v) is 1.63. The molecular formula is C9H14O4. The molecule has 4 heteroatoms. The smallest absolute Gasteiger partial charge is 0.316 e. The number of esters is 1. The molecule has 74 valence electrons. The molecule has 0 N–H and O–H groups in total. The predicted molar refractivity (Wildman–Crippen MR) is 45.2 cm³/mol. The van der Waals surface area contributed by atoms with Crippen LogP contribution in [-0.4, -0.2) is 32.1 Å². The summed E-state index contributed by atoms with van der Waals surface area (Å²) >= 11 is 0. The molecule has 0 radical (unpaired) electrons. The molecule has 1 aliphatic rings. The molecule has 0 aromatic rings. The highest BCUT2D eigenvalue weighted by molar-refractivity contribution is 6.01. The molecule has 4 nitrogen and oxygen atoms in total. The molecule has 0 aliphatic heterocycles. The van der Waals surface area contributed by atoms with Gasteiger partial charge in [-0.3, -0.25) is 9.59 Å². The number of rotatable bonds is 2. The molecule has 0 aromatic carbocycles. The molecule has 1 saturated carbocycles. The van der Waals surface area contributed by atoms with Gasteiger partial charge in [-0.05, 0) is 19.3 Å². The minimum Gasteiger partial charge on any atom is -0.468 e. The van der Waals surface area contributed by atoms with Gasteiger partial charge in [0.25, 0.3) is 0 Å². The first-order chi connectivity index (χ1) is 6.20. The second kappa shape index (κ2) is 4.37. The van der Waals surface area contributed by atoms with Gasteiger partial charge in [-0.25, -0.2) is 0 Å². The fraction of sp³-hybridized carbons (Fsp3) is 0.778. The van der Waals surface area contributed by atoms with Crippen LogP contribution in [0.5, 0.6) is 0 Å². The van der Waals surface area contributed by atoms with Crippen LogP contribution in [0.4, 0.5) is 0 Å². The standard InChI is InChI=1S/C9H14O4/c1-12-7-5-3-4-6(8(7)10)9(11)13-2/h6-7H,3-5H2,1-2H3. The molecule has 0 amide bonds. The number of ether oxygens (including phenoxy) is 2. The molecule has 0 bridgehead atoms. The molecule has 2 atom stereocenters. The van der Waals surface area contributed by atoms with E-state index in [2.05, 4.69) is 4.74 Å². The van der Waals surface area contributed by atoms with E-state index >= 15 is 0 Å². The van der Waals surface area contributed by atoms with Crippen molar-refractivity contribution in [3.05, 3.63) is 0 Å².